The molecule has 0 bridgehead atoms. The predicted octanol–water partition coefficient (Wildman–Crippen LogP) is 2.86. The lowest BCUT2D eigenvalue weighted by Crippen LogP contribution is -2.26. The van der Waals surface area contributed by atoms with Crippen LogP contribution in [0.1, 0.15) is 11.1 Å². The van der Waals surface area contributed by atoms with E-state index in [1.54, 1.807) is 0 Å². The Kier molecular flexibility index (Phi) is 3.77. The number of halogens is 2. The lowest BCUT2D eigenvalue weighted by molar-refractivity contribution is 0.312. The average molecular weight is 263 g/mol. The van der Waals surface area contributed by atoms with Gasteiger partial charge in [0.25, 0.3) is 0 Å². The molecule has 3 heteroatoms. The highest BCUT2D eigenvalue weighted by molar-refractivity contribution is 9.10. The molecule has 0 saturated heterocycles. The molecule has 1 aromatic carbocycles. The normalized spacial score (nSPS) is 16.2. The fourth-order valence-electron chi connectivity index (χ4n) is 1.67. The van der Waals surface area contributed by atoms with E-state index in [0.29, 0.717) is 0 Å². The molecule has 0 unspecified atom stereocenters. The van der Waals surface area contributed by atoms with Gasteiger partial charge in [0, 0.05) is 17.6 Å². The maximum atomic E-state index is 3.58. The molecule has 0 atom stereocenters. The zero-order valence-corrected chi connectivity index (χ0v) is 9.99. The molecule has 0 N–H and O–H groups in total. The van der Waals surface area contributed by atoms with Crippen molar-refractivity contribution in [2.45, 2.75) is 13.0 Å². The Labute approximate surface area is 93.7 Å². The summed E-state index contributed by atoms with van der Waals surface area (Å²) in [7, 11) is 2.17. The van der Waals surface area contributed by atoms with Crippen molar-refractivity contribution in [1.82, 2.24) is 4.90 Å². The van der Waals surface area contributed by atoms with E-state index in [0.717, 1.165) is 6.54 Å². The van der Waals surface area contributed by atoms with Gasteiger partial charge in [-0.1, -0.05) is 28.1 Å². The Morgan fingerprint density at radius 2 is 2.15 bits per heavy atom. The van der Waals surface area contributed by atoms with Gasteiger partial charge in [-0.3, -0.25) is 0 Å². The molecule has 0 aliphatic carbocycles. The highest BCUT2D eigenvalue weighted by Crippen LogP contribution is 2.25. The summed E-state index contributed by atoms with van der Waals surface area (Å²) in [5.41, 5.74) is 2.97. The molecule has 0 amide bonds. The van der Waals surface area contributed by atoms with Crippen molar-refractivity contribution in [2.24, 2.45) is 0 Å². The van der Waals surface area contributed by atoms with E-state index in [9.17, 15) is 0 Å². The van der Waals surface area contributed by atoms with E-state index < -0.39 is 0 Å². The quantitative estimate of drug-likeness (QED) is 0.695. The molecule has 0 radical (unpaired) electrons. The summed E-state index contributed by atoms with van der Waals surface area (Å²) < 4.78 is 1.26. The van der Waals surface area contributed by atoms with Crippen LogP contribution in [0.25, 0.3) is 0 Å². The molecule has 1 heterocycles. The van der Waals surface area contributed by atoms with Gasteiger partial charge < -0.3 is 4.90 Å². The molecule has 1 aromatic rings. The second-order valence-corrected chi connectivity index (χ2v) is 4.22. The molecule has 13 heavy (non-hydrogen) atoms. The molecule has 1 aliphatic rings. The van der Waals surface area contributed by atoms with Gasteiger partial charge >= 0.3 is 0 Å². The number of fused-ring (bicyclic) bond motifs is 1. The maximum Gasteiger partial charge on any atom is 0.0244 e. The molecule has 0 spiro atoms. The Morgan fingerprint density at radius 1 is 1.38 bits per heavy atom. The molecular weight excluding hydrogens is 249 g/mol. The summed E-state index contributed by atoms with van der Waals surface area (Å²) in [6, 6.07) is 6.47. The van der Waals surface area contributed by atoms with Crippen LogP contribution in [0.3, 0.4) is 0 Å². The van der Waals surface area contributed by atoms with E-state index in [2.05, 4.69) is 46.1 Å². The summed E-state index contributed by atoms with van der Waals surface area (Å²) in [5.74, 6) is 0. The van der Waals surface area contributed by atoms with Crippen LogP contribution in [0.4, 0.5) is 0 Å². The fourth-order valence-corrected chi connectivity index (χ4v) is 2.21. The lowest BCUT2D eigenvalue weighted by atomic mass is 10.0. The Hall–Kier alpha value is -0.0500. The largest absolute Gasteiger partial charge is 0.302 e. The van der Waals surface area contributed by atoms with Crippen molar-refractivity contribution in [2.75, 3.05) is 13.6 Å². The van der Waals surface area contributed by atoms with Gasteiger partial charge in [-0.15, -0.1) is 12.4 Å². The van der Waals surface area contributed by atoms with Crippen molar-refractivity contribution in [3.8, 4) is 0 Å². The van der Waals surface area contributed by atoms with Crippen LogP contribution in [0.2, 0.25) is 0 Å². The minimum Gasteiger partial charge on any atom is -0.302 e. The van der Waals surface area contributed by atoms with Crippen molar-refractivity contribution >= 4 is 28.3 Å². The smallest absolute Gasteiger partial charge is 0.0244 e. The third-order valence-electron chi connectivity index (χ3n) is 2.41. The van der Waals surface area contributed by atoms with Crippen LogP contribution < -0.4 is 0 Å². The monoisotopic (exact) mass is 261 g/mol. The highest BCUT2D eigenvalue weighted by Gasteiger charge is 2.14. The molecule has 2 rings (SSSR count). The van der Waals surface area contributed by atoms with Gasteiger partial charge in [0.2, 0.25) is 0 Å². The van der Waals surface area contributed by atoms with E-state index in [-0.39, 0.29) is 12.4 Å². The van der Waals surface area contributed by atoms with Crippen LogP contribution in [0.5, 0.6) is 0 Å². The number of hydrogen-bond acceptors (Lipinski definition) is 1. The highest BCUT2D eigenvalue weighted by atomic mass is 79.9. The topological polar surface area (TPSA) is 3.24 Å². The van der Waals surface area contributed by atoms with Crippen LogP contribution in [0, 0.1) is 0 Å². The summed E-state index contributed by atoms with van der Waals surface area (Å²) in [6.45, 7) is 2.26. The summed E-state index contributed by atoms with van der Waals surface area (Å²) in [6.07, 6.45) is 1.19. The zero-order valence-electron chi connectivity index (χ0n) is 7.59. The van der Waals surface area contributed by atoms with Crippen molar-refractivity contribution < 1.29 is 0 Å². The number of hydrogen-bond donors (Lipinski definition) is 0. The van der Waals surface area contributed by atoms with E-state index in [1.165, 1.54) is 28.6 Å². The zero-order chi connectivity index (χ0) is 8.55. The van der Waals surface area contributed by atoms with Gasteiger partial charge in [-0.25, -0.2) is 0 Å². The van der Waals surface area contributed by atoms with Gasteiger partial charge in [0.05, 0.1) is 0 Å². The van der Waals surface area contributed by atoms with Crippen LogP contribution >= 0.6 is 28.3 Å². The van der Waals surface area contributed by atoms with Crippen molar-refractivity contribution in [1.29, 1.82) is 0 Å². The van der Waals surface area contributed by atoms with E-state index in [1.807, 2.05) is 0 Å². The van der Waals surface area contributed by atoms with Crippen LogP contribution in [-0.2, 0) is 13.0 Å². The minimum atomic E-state index is 0. The second-order valence-electron chi connectivity index (χ2n) is 3.37. The first-order valence-corrected chi connectivity index (χ1v) is 5.01. The van der Waals surface area contributed by atoms with Gasteiger partial charge in [-0.05, 0) is 30.7 Å². The van der Waals surface area contributed by atoms with Gasteiger partial charge in [0.1, 0.15) is 0 Å². The molecule has 1 nitrogen and oxygen atoms in total. The molecule has 0 aromatic heterocycles. The average Bonchev–Trinajstić information content (AvgIpc) is 2.07. The number of nitrogens with zero attached hydrogens (tertiary/aromatic N) is 1. The molecule has 1 aliphatic heterocycles. The first kappa shape index (κ1) is 11.0. The molecular formula is C10H13BrClN. The Bertz CT molecular complexity index is 301. The number of rotatable bonds is 0. The predicted molar refractivity (Wildman–Crippen MR) is 61.4 cm³/mol. The maximum absolute atomic E-state index is 3.58. The Balaban J connectivity index is 0.000000845. The summed E-state index contributed by atoms with van der Waals surface area (Å²) in [4.78, 5) is 2.35. The second kappa shape index (κ2) is 4.45. The van der Waals surface area contributed by atoms with E-state index in [4.69, 9.17) is 0 Å². The first-order valence-electron chi connectivity index (χ1n) is 4.22. The van der Waals surface area contributed by atoms with Gasteiger partial charge in [0.15, 0.2) is 0 Å². The summed E-state index contributed by atoms with van der Waals surface area (Å²) in [5, 5.41) is 0. The van der Waals surface area contributed by atoms with Crippen LogP contribution in [-0.4, -0.2) is 18.5 Å². The fraction of sp³-hybridized carbons (Fsp3) is 0.400. The number of benzene rings is 1. The van der Waals surface area contributed by atoms with Crippen LogP contribution in [0.15, 0.2) is 22.7 Å². The van der Waals surface area contributed by atoms with Crippen molar-refractivity contribution in [3.63, 3.8) is 0 Å². The molecule has 0 saturated carbocycles. The lowest BCUT2D eigenvalue weighted by Gasteiger charge is -2.25. The third kappa shape index (κ3) is 2.25. The minimum absolute atomic E-state index is 0. The number of likely N-dealkylation sites (N-methyl/N-ethyl adjacent to an activating group) is 1. The molecule has 72 valence electrons. The SMILES string of the molecule is CN1CCc2cccc(Br)c2C1.Cl. The Morgan fingerprint density at radius 3 is 2.92 bits per heavy atom. The third-order valence-corrected chi connectivity index (χ3v) is 3.15. The van der Waals surface area contributed by atoms with Gasteiger partial charge in [-0.2, -0.15) is 0 Å². The van der Waals surface area contributed by atoms with E-state index >= 15 is 0 Å². The summed E-state index contributed by atoms with van der Waals surface area (Å²) >= 11 is 3.58. The van der Waals surface area contributed by atoms with Crippen molar-refractivity contribution in [3.05, 3.63) is 33.8 Å². The first-order chi connectivity index (χ1) is 5.77. The molecule has 0 fully saturated rings. The standard InChI is InChI=1S/C10H12BrN.ClH/c1-12-6-5-8-3-2-4-10(11)9(8)7-12;/h2-4H,5-7H2,1H3;1H.